The van der Waals surface area contributed by atoms with Crippen molar-refractivity contribution in [2.24, 2.45) is 0 Å². The summed E-state index contributed by atoms with van der Waals surface area (Å²) in [6, 6.07) is 27.4. The van der Waals surface area contributed by atoms with E-state index < -0.39 is 4.92 Å². The fourth-order valence-electron chi connectivity index (χ4n) is 3.42. The van der Waals surface area contributed by atoms with E-state index >= 15 is 0 Å². The molecule has 0 saturated heterocycles. The third kappa shape index (κ3) is 4.46. The molecule has 0 unspecified atom stereocenters. The smallest absolute Gasteiger partial charge is 0.269 e. The van der Waals surface area contributed by atoms with Crippen LogP contribution in [0.3, 0.4) is 0 Å². The van der Waals surface area contributed by atoms with Crippen LogP contribution in [0.25, 0.3) is 22.4 Å². The van der Waals surface area contributed by atoms with E-state index in [1.807, 2.05) is 48.5 Å². The maximum Gasteiger partial charge on any atom is 0.269 e. The minimum absolute atomic E-state index is 0.0291. The number of allylic oxidation sites excluding steroid dienone is 1. The molecular weight excluding hydrogens is 424 g/mol. The van der Waals surface area contributed by atoms with Gasteiger partial charge in [0.05, 0.1) is 16.6 Å². The Kier molecular flexibility index (Phi) is 6.16. The molecular formula is C26H17ClN2O3. The number of hydrogen-bond acceptors (Lipinski definition) is 4. The van der Waals surface area contributed by atoms with Crippen molar-refractivity contribution in [1.29, 1.82) is 5.26 Å². The number of benzene rings is 4. The molecule has 156 valence electrons. The van der Waals surface area contributed by atoms with Gasteiger partial charge in [0, 0.05) is 28.3 Å². The molecule has 0 spiro atoms. The van der Waals surface area contributed by atoms with Crippen LogP contribution in [0.15, 0.2) is 84.9 Å². The second-order valence-corrected chi connectivity index (χ2v) is 7.47. The number of nitro benzene ring substituents is 1. The van der Waals surface area contributed by atoms with Crippen LogP contribution in [0.4, 0.5) is 5.69 Å². The number of hydrogen-bond donors (Lipinski definition) is 0. The lowest BCUT2D eigenvalue weighted by Gasteiger charge is -2.13. The normalized spacial score (nSPS) is 11.2. The highest BCUT2D eigenvalue weighted by atomic mass is 35.5. The van der Waals surface area contributed by atoms with Crippen LogP contribution >= 0.6 is 11.6 Å². The van der Waals surface area contributed by atoms with Crippen LogP contribution in [0.1, 0.15) is 16.7 Å². The summed E-state index contributed by atoms with van der Waals surface area (Å²) < 4.78 is 6.09. The van der Waals surface area contributed by atoms with Crippen molar-refractivity contribution < 1.29 is 9.66 Å². The summed E-state index contributed by atoms with van der Waals surface area (Å²) in [6.45, 7) is 0.227. The first-order chi connectivity index (χ1) is 15.6. The lowest BCUT2D eigenvalue weighted by atomic mass is 9.98. The van der Waals surface area contributed by atoms with Crippen molar-refractivity contribution in [2.75, 3.05) is 0 Å². The van der Waals surface area contributed by atoms with Gasteiger partial charge in [-0.3, -0.25) is 10.1 Å². The molecule has 0 N–H and O–H groups in total. The number of ether oxygens (including phenoxy) is 1. The predicted molar refractivity (Wildman–Crippen MR) is 126 cm³/mol. The molecule has 0 atom stereocenters. The molecule has 0 aromatic heterocycles. The molecule has 0 heterocycles. The number of nitrogens with zero attached hydrogens (tertiary/aromatic N) is 2. The van der Waals surface area contributed by atoms with Crippen molar-refractivity contribution in [2.45, 2.75) is 6.61 Å². The maximum atomic E-state index is 10.9. The van der Waals surface area contributed by atoms with Gasteiger partial charge >= 0.3 is 0 Å². The van der Waals surface area contributed by atoms with Crippen LogP contribution in [-0.4, -0.2) is 4.92 Å². The summed E-state index contributed by atoms with van der Waals surface area (Å²) in [4.78, 5) is 10.4. The molecule has 4 aromatic rings. The molecule has 0 fully saturated rings. The molecule has 0 aliphatic heterocycles. The maximum absolute atomic E-state index is 10.9. The Morgan fingerprint density at radius 3 is 2.44 bits per heavy atom. The molecule has 0 radical (unpaired) electrons. The van der Waals surface area contributed by atoms with E-state index in [0.717, 1.165) is 21.9 Å². The fraction of sp³-hybridized carbons (Fsp3) is 0.0385. The van der Waals surface area contributed by atoms with Gasteiger partial charge in [-0.1, -0.05) is 60.1 Å². The first-order valence-corrected chi connectivity index (χ1v) is 10.2. The Labute approximate surface area is 189 Å². The van der Waals surface area contributed by atoms with E-state index in [0.29, 0.717) is 21.9 Å². The van der Waals surface area contributed by atoms with Crippen molar-refractivity contribution in [3.05, 3.63) is 117 Å². The molecule has 0 amide bonds. The molecule has 0 aliphatic carbocycles. The quantitative estimate of drug-likeness (QED) is 0.139. The molecule has 6 heteroatoms. The molecule has 4 rings (SSSR count). The SMILES string of the molecule is N#CC(=Cc1c(OCc2ccc([N+](=O)[O-])cc2)ccc2ccccc12)c1ccccc1Cl. The summed E-state index contributed by atoms with van der Waals surface area (Å²) in [6.07, 6.45) is 1.79. The largest absolute Gasteiger partial charge is 0.488 e. The van der Waals surface area contributed by atoms with Gasteiger partial charge in [-0.05, 0) is 46.7 Å². The van der Waals surface area contributed by atoms with E-state index in [4.69, 9.17) is 16.3 Å². The predicted octanol–water partition coefficient (Wildman–Crippen LogP) is 7.04. The monoisotopic (exact) mass is 440 g/mol. The molecule has 0 aliphatic rings. The highest BCUT2D eigenvalue weighted by Gasteiger charge is 2.12. The Bertz CT molecular complexity index is 1370. The molecule has 32 heavy (non-hydrogen) atoms. The van der Waals surface area contributed by atoms with Crippen molar-refractivity contribution in [1.82, 2.24) is 0 Å². The summed E-state index contributed by atoms with van der Waals surface area (Å²) in [5.74, 6) is 0.599. The zero-order valence-corrected chi connectivity index (χ0v) is 17.6. The minimum atomic E-state index is -0.436. The van der Waals surface area contributed by atoms with Gasteiger partial charge in [-0.25, -0.2) is 0 Å². The van der Waals surface area contributed by atoms with Gasteiger partial charge in [0.25, 0.3) is 5.69 Å². The first kappa shape index (κ1) is 21.1. The van der Waals surface area contributed by atoms with Crippen molar-refractivity contribution >= 4 is 39.7 Å². The van der Waals surface area contributed by atoms with Crippen LogP contribution in [0.5, 0.6) is 5.75 Å². The Morgan fingerprint density at radius 1 is 1.00 bits per heavy atom. The average Bonchev–Trinajstić information content (AvgIpc) is 2.82. The number of fused-ring (bicyclic) bond motifs is 1. The van der Waals surface area contributed by atoms with E-state index in [1.165, 1.54) is 12.1 Å². The van der Waals surface area contributed by atoms with E-state index in [2.05, 4.69) is 6.07 Å². The van der Waals surface area contributed by atoms with Crippen LogP contribution in [0, 0.1) is 21.4 Å². The van der Waals surface area contributed by atoms with Crippen LogP contribution in [0.2, 0.25) is 5.02 Å². The van der Waals surface area contributed by atoms with Gasteiger partial charge in [-0.15, -0.1) is 0 Å². The fourth-order valence-corrected chi connectivity index (χ4v) is 3.66. The number of halogens is 1. The number of rotatable bonds is 6. The third-order valence-electron chi connectivity index (χ3n) is 5.05. The van der Waals surface area contributed by atoms with Crippen molar-refractivity contribution in [3.8, 4) is 11.8 Å². The first-order valence-electron chi connectivity index (χ1n) is 9.81. The van der Waals surface area contributed by atoms with E-state index in [-0.39, 0.29) is 12.3 Å². The van der Waals surface area contributed by atoms with Crippen LogP contribution in [-0.2, 0) is 6.61 Å². The van der Waals surface area contributed by atoms with Gasteiger partial charge in [0.15, 0.2) is 0 Å². The lowest BCUT2D eigenvalue weighted by Crippen LogP contribution is -1.98. The molecule has 4 aromatic carbocycles. The standard InChI is InChI=1S/C26H17ClN2O3/c27-25-8-4-3-7-23(25)20(16-28)15-24-22-6-2-1-5-19(22)11-14-26(24)32-17-18-9-12-21(13-10-18)29(30)31/h1-15H,17H2. The zero-order valence-electron chi connectivity index (χ0n) is 16.9. The Balaban J connectivity index is 1.75. The molecule has 5 nitrogen and oxygen atoms in total. The number of nitriles is 1. The van der Waals surface area contributed by atoms with Crippen molar-refractivity contribution in [3.63, 3.8) is 0 Å². The topological polar surface area (TPSA) is 76.2 Å². The number of nitro groups is 1. The van der Waals surface area contributed by atoms with E-state index in [9.17, 15) is 15.4 Å². The summed E-state index contributed by atoms with van der Waals surface area (Å²) >= 11 is 6.33. The van der Waals surface area contributed by atoms with E-state index in [1.54, 1.807) is 30.3 Å². The Hall–Kier alpha value is -4.14. The van der Waals surface area contributed by atoms with Gasteiger partial charge in [-0.2, -0.15) is 5.26 Å². The zero-order chi connectivity index (χ0) is 22.5. The highest BCUT2D eigenvalue weighted by molar-refractivity contribution is 6.32. The van der Waals surface area contributed by atoms with Crippen LogP contribution < -0.4 is 4.74 Å². The minimum Gasteiger partial charge on any atom is -0.488 e. The highest BCUT2D eigenvalue weighted by Crippen LogP contribution is 2.34. The second-order valence-electron chi connectivity index (χ2n) is 7.06. The van der Waals surface area contributed by atoms with Gasteiger partial charge < -0.3 is 4.74 Å². The summed E-state index contributed by atoms with van der Waals surface area (Å²) in [7, 11) is 0. The molecule has 0 saturated carbocycles. The average molecular weight is 441 g/mol. The molecule has 0 bridgehead atoms. The Morgan fingerprint density at radius 2 is 1.72 bits per heavy atom. The third-order valence-corrected chi connectivity index (χ3v) is 5.37. The summed E-state index contributed by atoms with van der Waals surface area (Å²) in [5.41, 5.74) is 2.66. The number of non-ortho nitro benzene ring substituents is 1. The van der Waals surface area contributed by atoms with Gasteiger partial charge in [0.2, 0.25) is 0 Å². The second kappa shape index (κ2) is 9.34. The lowest BCUT2D eigenvalue weighted by molar-refractivity contribution is -0.384. The van der Waals surface area contributed by atoms with Gasteiger partial charge in [0.1, 0.15) is 12.4 Å². The summed E-state index contributed by atoms with van der Waals surface area (Å²) in [5, 5.41) is 23.1.